The van der Waals surface area contributed by atoms with E-state index in [0.717, 1.165) is 6.42 Å². The van der Waals surface area contributed by atoms with Crippen molar-refractivity contribution in [3.8, 4) is 0 Å². The molecule has 0 aliphatic carbocycles. The normalized spacial score (nSPS) is 24.2. The van der Waals surface area contributed by atoms with Crippen LogP contribution < -0.4 is 5.73 Å². The van der Waals surface area contributed by atoms with E-state index in [4.69, 9.17) is 33.7 Å². The van der Waals surface area contributed by atoms with Gasteiger partial charge in [0.05, 0.1) is 16.1 Å². The number of nitrogens with two attached hydrogens (primary N) is 1. The summed E-state index contributed by atoms with van der Waals surface area (Å²) in [7, 11) is -2.19. The zero-order chi connectivity index (χ0) is 15.8. The minimum absolute atomic E-state index is 0.0348. The second-order valence-electron chi connectivity index (χ2n) is 5.22. The number of nitrogens with zero attached hydrogens (tertiary/aromatic N) is 1. The Hall–Kier alpha value is -0.530. The van der Waals surface area contributed by atoms with Crippen molar-refractivity contribution < 1.29 is 13.2 Å². The van der Waals surface area contributed by atoms with Gasteiger partial charge < -0.3 is 10.5 Å². The molecule has 0 amide bonds. The summed E-state index contributed by atoms with van der Waals surface area (Å²) < 4.78 is 32.3. The van der Waals surface area contributed by atoms with Gasteiger partial charge in [0, 0.05) is 25.9 Å². The van der Waals surface area contributed by atoms with Crippen molar-refractivity contribution in [3.63, 3.8) is 0 Å². The topological polar surface area (TPSA) is 72.6 Å². The SMILES string of the molecule is COC1CN(S(=O)(=O)c2c(Cl)cc(N)cc2Cl)CCC1C. The molecule has 1 fully saturated rings. The first kappa shape index (κ1) is 16.8. The molecule has 2 N–H and O–H groups in total. The highest BCUT2D eigenvalue weighted by atomic mass is 35.5. The fraction of sp³-hybridized carbons (Fsp3) is 0.538. The van der Waals surface area contributed by atoms with Crippen LogP contribution in [0.1, 0.15) is 13.3 Å². The van der Waals surface area contributed by atoms with Crippen molar-refractivity contribution in [3.05, 3.63) is 22.2 Å². The summed E-state index contributed by atoms with van der Waals surface area (Å²) in [5.74, 6) is 0.304. The van der Waals surface area contributed by atoms with E-state index in [9.17, 15) is 8.42 Å². The van der Waals surface area contributed by atoms with Crippen LogP contribution in [-0.2, 0) is 14.8 Å². The largest absolute Gasteiger partial charge is 0.399 e. The van der Waals surface area contributed by atoms with Gasteiger partial charge in [0.25, 0.3) is 0 Å². The van der Waals surface area contributed by atoms with Crippen LogP contribution in [0.4, 0.5) is 5.69 Å². The van der Waals surface area contributed by atoms with Gasteiger partial charge in [-0.15, -0.1) is 0 Å². The molecule has 118 valence electrons. The van der Waals surface area contributed by atoms with Crippen LogP contribution in [0.2, 0.25) is 10.0 Å². The first-order valence-electron chi connectivity index (χ1n) is 6.54. The lowest BCUT2D eigenvalue weighted by Crippen LogP contribution is -2.46. The van der Waals surface area contributed by atoms with E-state index < -0.39 is 10.0 Å². The molecule has 8 heteroatoms. The summed E-state index contributed by atoms with van der Waals surface area (Å²) in [4.78, 5) is -0.0931. The van der Waals surface area contributed by atoms with Crippen molar-refractivity contribution in [1.29, 1.82) is 0 Å². The fourth-order valence-corrected chi connectivity index (χ4v) is 5.13. The van der Waals surface area contributed by atoms with E-state index in [2.05, 4.69) is 0 Å². The van der Waals surface area contributed by atoms with E-state index in [1.807, 2.05) is 6.92 Å². The third kappa shape index (κ3) is 3.29. The molecule has 21 heavy (non-hydrogen) atoms. The average molecular weight is 353 g/mol. The minimum Gasteiger partial charge on any atom is -0.399 e. The highest BCUT2D eigenvalue weighted by Gasteiger charge is 2.36. The second-order valence-corrected chi connectivity index (χ2v) is 7.91. The molecule has 1 heterocycles. The molecule has 2 unspecified atom stereocenters. The van der Waals surface area contributed by atoms with Crippen molar-refractivity contribution in [1.82, 2.24) is 4.31 Å². The Morgan fingerprint density at radius 1 is 1.33 bits per heavy atom. The average Bonchev–Trinajstić information content (AvgIpc) is 2.37. The number of anilines is 1. The van der Waals surface area contributed by atoms with Gasteiger partial charge in [-0.25, -0.2) is 8.42 Å². The molecular weight excluding hydrogens is 335 g/mol. The van der Waals surface area contributed by atoms with Crippen LogP contribution in [0.5, 0.6) is 0 Å². The van der Waals surface area contributed by atoms with Gasteiger partial charge in [-0.3, -0.25) is 0 Å². The summed E-state index contributed by atoms with van der Waals surface area (Å²) in [5, 5.41) is 0.0696. The smallest absolute Gasteiger partial charge is 0.246 e. The quantitative estimate of drug-likeness (QED) is 0.848. The van der Waals surface area contributed by atoms with Gasteiger partial charge in [-0.1, -0.05) is 30.1 Å². The highest BCUT2D eigenvalue weighted by molar-refractivity contribution is 7.89. The lowest BCUT2D eigenvalue weighted by atomic mass is 9.97. The Balaban J connectivity index is 2.39. The Morgan fingerprint density at radius 3 is 2.43 bits per heavy atom. The van der Waals surface area contributed by atoms with Gasteiger partial charge >= 0.3 is 0 Å². The van der Waals surface area contributed by atoms with Crippen LogP contribution in [0.3, 0.4) is 0 Å². The van der Waals surface area contributed by atoms with Gasteiger partial charge in [-0.05, 0) is 24.5 Å². The van der Waals surface area contributed by atoms with Crippen LogP contribution >= 0.6 is 23.2 Å². The molecule has 1 aromatic carbocycles. The number of piperidine rings is 1. The molecule has 2 atom stereocenters. The number of rotatable bonds is 3. The third-order valence-corrected chi connectivity index (χ3v) is 6.56. The number of hydrogen-bond acceptors (Lipinski definition) is 4. The monoisotopic (exact) mass is 352 g/mol. The molecule has 0 spiro atoms. The minimum atomic E-state index is -3.77. The molecule has 5 nitrogen and oxygen atoms in total. The molecule has 0 bridgehead atoms. The van der Waals surface area contributed by atoms with Crippen molar-refractivity contribution in [2.45, 2.75) is 24.3 Å². The molecule has 1 aliphatic heterocycles. The van der Waals surface area contributed by atoms with Gasteiger partial charge in [0.15, 0.2) is 0 Å². The second kappa shape index (κ2) is 6.30. The van der Waals surface area contributed by atoms with E-state index >= 15 is 0 Å². The van der Waals surface area contributed by atoms with Crippen molar-refractivity contribution in [2.75, 3.05) is 25.9 Å². The highest BCUT2D eigenvalue weighted by Crippen LogP contribution is 2.35. The zero-order valence-electron chi connectivity index (χ0n) is 11.8. The van der Waals surface area contributed by atoms with E-state index in [1.165, 1.54) is 16.4 Å². The number of hydrogen-bond donors (Lipinski definition) is 1. The van der Waals surface area contributed by atoms with Crippen molar-refractivity contribution >= 4 is 38.9 Å². The number of methoxy groups -OCH3 is 1. The van der Waals surface area contributed by atoms with E-state index in [0.29, 0.717) is 18.2 Å². The Bertz CT molecular complexity index is 613. The summed E-state index contributed by atoms with van der Waals surface area (Å²) >= 11 is 12.1. The molecule has 0 saturated carbocycles. The third-order valence-electron chi connectivity index (χ3n) is 3.77. The Morgan fingerprint density at radius 2 is 1.90 bits per heavy atom. The number of nitrogen functional groups attached to an aromatic ring is 1. The maximum Gasteiger partial charge on any atom is 0.246 e. The van der Waals surface area contributed by atoms with E-state index in [1.54, 1.807) is 7.11 Å². The molecule has 1 aliphatic rings. The zero-order valence-corrected chi connectivity index (χ0v) is 14.2. The number of halogens is 2. The first-order valence-corrected chi connectivity index (χ1v) is 8.74. The van der Waals surface area contributed by atoms with E-state index in [-0.39, 0.29) is 27.6 Å². The Labute approximate surface area is 135 Å². The molecule has 1 saturated heterocycles. The molecule has 1 aromatic rings. The molecule has 0 aromatic heterocycles. The number of ether oxygens (including phenoxy) is 1. The maximum absolute atomic E-state index is 12.8. The van der Waals surface area contributed by atoms with Crippen LogP contribution in [0.25, 0.3) is 0 Å². The lowest BCUT2D eigenvalue weighted by molar-refractivity contribution is 0.0184. The summed E-state index contributed by atoms with van der Waals surface area (Å²) in [5.41, 5.74) is 5.94. The fourth-order valence-electron chi connectivity index (χ4n) is 2.49. The van der Waals surface area contributed by atoms with Crippen molar-refractivity contribution in [2.24, 2.45) is 5.92 Å². The summed E-state index contributed by atoms with van der Waals surface area (Å²) in [6.07, 6.45) is 0.585. The maximum atomic E-state index is 12.8. The Kier molecular flexibility index (Phi) is 5.05. The van der Waals surface area contributed by atoms with Gasteiger partial charge in [-0.2, -0.15) is 4.31 Å². The van der Waals surface area contributed by atoms with Crippen LogP contribution in [0.15, 0.2) is 17.0 Å². The number of benzene rings is 1. The van der Waals surface area contributed by atoms with Crippen LogP contribution in [0, 0.1) is 5.92 Å². The molecule has 2 rings (SSSR count). The summed E-state index contributed by atoms with van der Waals surface area (Å²) in [6.45, 7) is 2.75. The van der Waals surface area contributed by atoms with Gasteiger partial charge in [0.1, 0.15) is 4.90 Å². The predicted octanol–water partition coefficient (Wildman–Crippen LogP) is 2.62. The predicted molar refractivity (Wildman–Crippen MR) is 84.2 cm³/mol. The van der Waals surface area contributed by atoms with Gasteiger partial charge in [0.2, 0.25) is 10.0 Å². The summed E-state index contributed by atoms with van der Waals surface area (Å²) in [6, 6.07) is 2.78. The standard InChI is InChI=1S/C13H18Cl2N2O3S/c1-8-3-4-17(7-12(8)20-2)21(18,19)13-10(14)5-9(16)6-11(13)15/h5-6,8,12H,3-4,7,16H2,1-2H3. The molecule has 0 radical (unpaired) electrons. The number of sulfonamides is 1. The lowest BCUT2D eigenvalue weighted by Gasteiger charge is -2.35. The van der Waals surface area contributed by atoms with Crippen LogP contribution in [-0.4, -0.2) is 39.0 Å². The molecular formula is C13H18Cl2N2O3S. The first-order chi connectivity index (χ1) is 9.77.